The second-order valence-corrected chi connectivity index (χ2v) is 19.3. The summed E-state index contributed by atoms with van der Waals surface area (Å²) in [7, 11) is 0. The molecule has 0 amide bonds. The minimum Gasteiger partial charge on any atom is -1.00 e. The van der Waals surface area contributed by atoms with Gasteiger partial charge in [-0.1, -0.05) is 0 Å². The Hall–Kier alpha value is -0.747. The fraction of sp³-hybridized carbons (Fsp3) is 0.469. The third-order valence-electron chi connectivity index (χ3n) is 8.11. The van der Waals surface area contributed by atoms with Crippen LogP contribution in [0.5, 0.6) is 0 Å². The molecule has 0 nitrogen and oxygen atoms in total. The van der Waals surface area contributed by atoms with E-state index >= 15 is 0 Å². The molecule has 5 rings (SSSR count). The minimum atomic E-state index is -2.04. The summed E-state index contributed by atoms with van der Waals surface area (Å²) < 4.78 is 4.52. The van der Waals surface area contributed by atoms with E-state index in [0.29, 0.717) is 3.63 Å². The summed E-state index contributed by atoms with van der Waals surface area (Å²) in [6.07, 6.45) is 15.0. The van der Waals surface area contributed by atoms with Crippen molar-refractivity contribution in [3.8, 4) is 11.1 Å². The van der Waals surface area contributed by atoms with Crippen molar-refractivity contribution in [2.45, 2.75) is 95.5 Å². The number of hydrogen-bond acceptors (Lipinski definition) is 0. The zero-order valence-electron chi connectivity index (χ0n) is 22.7. The van der Waals surface area contributed by atoms with Gasteiger partial charge in [0.05, 0.1) is 0 Å². The molecule has 0 heterocycles. The molecule has 3 aliphatic carbocycles. The Bertz CT molecular complexity index is 1230. The molecule has 0 atom stereocenters. The maximum Gasteiger partial charge on any atom is -1.00 e. The fourth-order valence-electron chi connectivity index (χ4n) is 6.39. The molecule has 1 saturated carbocycles. The standard InChI is InChI=1S/C23H29.C5H5.C4H6.2ClH.Zr/c1-14-9-16-11-17-10-15(2)21(23(6,7)8)13-19(17)18(16)12-20(14)22(3,4)5;1-2-4-5-3-1;1-2-4-3-1;;;/h9,12-13H,11H2,1-8H3;1-5H;1-3H2;2*1H;/q;;;;;+2/p-2. The van der Waals surface area contributed by atoms with E-state index in [2.05, 4.69) is 97.9 Å². The van der Waals surface area contributed by atoms with E-state index < -0.39 is 21.3 Å². The maximum absolute atomic E-state index is 2.59. The normalized spacial score (nSPS) is 16.1. The molecule has 1 fully saturated rings. The number of allylic oxidation sites excluding steroid dienone is 4. The van der Waals surface area contributed by atoms with Crippen LogP contribution in [0.1, 0.15) is 94.2 Å². The van der Waals surface area contributed by atoms with Crippen LogP contribution in [0.2, 0.25) is 3.63 Å². The van der Waals surface area contributed by atoms with Gasteiger partial charge in [-0.15, -0.1) is 0 Å². The first-order chi connectivity index (χ1) is 15.5. The molecule has 2 aromatic carbocycles. The summed E-state index contributed by atoms with van der Waals surface area (Å²) in [6, 6.07) is 7.66. The summed E-state index contributed by atoms with van der Waals surface area (Å²) in [5, 5.41) is 0. The maximum atomic E-state index is 2.59. The van der Waals surface area contributed by atoms with Gasteiger partial charge >= 0.3 is 210 Å². The van der Waals surface area contributed by atoms with Crippen LogP contribution in [-0.4, -0.2) is 3.21 Å². The molecular weight excluding hydrogens is 546 g/mol. The van der Waals surface area contributed by atoms with Gasteiger partial charge in [-0.3, -0.25) is 0 Å². The van der Waals surface area contributed by atoms with E-state index in [1.165, 1.54) is 36.0 Å². The smallest absolute Gasteiger partial charge is 1.00 e. The summed E-state index contributed by atoms with van der Waals surface area (Å²) in [5.41, 5.74) is 12.8. The molecule has 0 radical (unpaired) electrons. The van der Waals surface area contributed by atoms with Crippen LogP contribution in [0.3, 0.4) is 0 Å². The molecule has 0 saturated heterocycles. The summed E-state index contributed by atoms with van der Waals surface area (Å²) in [6.45, 7) is 19.1. The second kappa shape index (κ2) is 10.2. The predicted octanol–water partition coefficient (Wildman–Crippen LogP) is 1.99. The molecule has 0 unspecified atom stereocenters. The van der Waals surface area contributed by atoms with Gasteiger partial charge in [-0.05, 0) is 0 Å². The van der Waals surface area contributed by atoms with Crippen LogP contribution in [0.15, 0.2) is 42.5 Å². The van der Waals surface area contributed by atoms with Crippen molar-refractivity contribution in [1.29, 1.82) is 0 Å². The van der Waals surface area contributed by atoms with Gasteiger partial charge in [-0.25, -0.2) is 0 Å². The number of hydrogen-bond donors (Lipinski definition) is 0. The molecule has 0 N–H and O–H groups in total. The second-order valence-electron chi connectivity index (χ2n) is 12.6. The van der Waals surface area contributed by atoms with Crippen molar-refractivity contribution in [3.05, 3.63) is 75.9 Å². The van der Waals surface area contributed by atoms with Crippen molar-refractivity contribution in [1.82, 2.24) is 0 Å². The summed E-state index contributed by atoms with van der Waals surface area (Å²) in [5.74, 6) is 0. The minimum absolute atomic E-state index is 0. The van der Waals surface area contributed by atoms with E-state index in [9.17, 15) is 0 Å². The van der Waals surface area contributed by atoms with Crippen LogP contribution in [0.4, 0.5) is 0 Å². The third kappa shape index (κ3) is 5.04. The molecule has 0 aromatic heterocycles. The Morgan fingerprint density at radius 1 is 0.771 bits per heavy atom. The van der Waals surface area contributed by atoms with Crippen molar-refractivity contribution in [2.75, 3.05) is 0 Å². The van der Waals surface area contributed by atoms with Crippen LogP contribution in [0, 0.1) is 13.8 Å². The predicted molar refractivity (Wildman–Crippen MR) is 142 cm³/mol. The zero-order valence-corrected chi connectivity index (χ0v) is 26.7. The van der Waals surface area contributed by atoms with Gasteiger partial charge in [0.1, 0.15) is 0 Å². The van der Waals surface area contributed by atoms with Gasteiger partial charge in [0.2, 0.25) is 0 Å². The third-order valence-corrected chi connectivity index (χ3v) is 16.8. The average molecular weight is 587 g/mol. The molecule has 3 aliphatic rings. The van der Waals surface area contributed by atoms with Gasteiger partial charge < -0.3 is 24.8 Å². The average Bonchev–Trinajstić information content (AvgIpc) is 3.29. The van der Waals surface area contributed by atoms with Crippen molar-refractivity contribution >= 4 is 6.48 Å². The van der Waals surface area contributed by atoms with E-state index in [4.69, 9.17) is 0 Å². The molecule has 0 spiro atoms. The molecule has 0 bridgehead atoms. The molecule has 2 aromatic rings. The molecule has 186 valence electrons. The number of halogens is 2. The number of benzene rings is 2. The van der Waals surface area contributed by atoms with Crippen molar-refractivity contribution in [3.63, 3.8) is 0 Å². The van der Waals surface area contributed by atoms with Crippen molar-refractivity contribution < 1.29 is 46.1 Å². The van der Waals surface area contributed by atoms with Gasteiger partial charge in [0.25, 0.3) is 0 Å². The summed E-state index contributed by atoms with van der Waals surface area (Å²) >= 11 is -2.04. The van der Waals surface area contributed by atoms with Crippen LogP contribution < -0.4 is 28.1 Å². The van der Waals surface area contributed by atoms with E-state index in [1.807, 2.05) is 6.48 Å². The first-order valence-corrected chi connectivity index (χ1v) is 16.7. The number of rotatable bonds is 2. The monoisotopic (exact) mass is 584 g/mol. The van der Waals surface area contributed by atoms with Crippen molar-refractivity contribution in [2.24, 2.45) is 0 Å². The first kappa shape index (κ1) is 28.8. The Morgan fingerprint density at radius 3 is 1.86 bits per heavy atom. The van der Waals surface area contributed by atoms with Gasteiger partial charge in [0.15, 0.2) is 0 Å². The molecule has 0 aliphatic heterocycles. The topological polar surface area (TPSA) is 0 Å². The largest absolute Gasteiger partial charge is 1.00 e. The zero-order chi connectivity index (χ0) is 23.7. The molecule has 35 heavy (non-hydrogen) atoms. The fourth-order valence-corrected chi connectivity index (χ4v) is 15.6. The van der Waals surface area contributed by atoms with E-state index in [-0.39, 0.29) is 35.6 Å². The van der Waals surface area contributed by atoms with Crippen LogP contribution >= 0.6 is 0 Å². The quantitative estimate of drug-likeness (QED) is 0.431. The van der Waals surface area contributed by atoms with Gasteiger partial charge in [-0.2, -0.15) is 0 Å². The molecular formula is C32H40Cl2Zr. The number of aryl methyl sites for hydroxylation is 1. The Labute approximate surface area is 233 Å². The molecule has 3 heteroatoms. The number of fused-ring (bicyclic) bond motifs is 3. The van der Waals surface area contributed by atoms with Crippen LogP contribution in [0.25, 0.3) is 11.1 Å². The van der Waals surface area contributed by atoms with E-state index in [1.54, 1.807) is 27.8 Å². The van der Waals surface area contributed by atoms with Gasteiger partial charge in [0, 0.05) is 0 Å². The van der Waals surface area contributed by atoms with Crippen LogP contribution in [-0.2, 0) is 38.5 Å². The van der Waals surface area contributed by atoms with E-state index in [0.717, 1.165) is 6.42 Å². The Balaban J connectivity index is 0.00000171. The first-order valence-electron chi connectivity index (χ1n) is 12.9. The Kier molecular flexibility index (Phi) is 8.39. The summed E-state index contributed by atoms with van der Waals surface area (Å²) in [4.78, 5) is 0. The SMILES string of the molecule is Cc1cc2c(cc1C(C)(C)C)-c1cc(C(C)(C)C)c(C)[c]([Zr+2](=[C]3CCC3)[CH]3C=CC=C3)c1C2.[Cl-].[Cl-]. The Morgan fingerprint density at radius 2 is 1.34 bits per heavy atom.